The average Bonchev–Trinajstić information content (AvgIpc) is 3.13. The van der Waals surface area contributed by atoms with Crippen LogP contribution < -0.4 is 10.6 Å². The molecule has 1 spiro atoms. The van der Waals surface area contributed by atoms with E-state index < -0.39 is 5.41 Å². The van der Waals surface area contributed by atoms with Crippen molar-refractivity contribution >= 4 is 35.8 Å². The van der Waals surface area contributed by atoms with E-state index in [-0.39, 0.29) is 29.9 Å². The zero-order valence-corrected chi connectivity index (χ0v) is 17.4. The van der Waals surface area contributed by atoms with Crippen LogP contribution >= 0.6 is 24.0 Å². The van der Waals surface area contributed by atoms with Gasteiger partial charge in [0.2, 0.25) is 5.91 Å². The maximum Gasteiger partial charge on any atom is 0.227 e. The molecule has 0 aromatic rings. The Balaban J connectivity index is 0.00000264. The molecule has 0 radical (unpaired) electrons. The van der Waals surface area contributed by atoms with Gasteiger partial charge in [0.25, 0.3) is 0 Å². The first-order valence-electron chi connectivity index (χ1n) is 8.68. The molecule has 0 atom stereocenters. The Morgan fingerprint density at radius 2 is 1.91 bits per heavy atom. The normalized spacial score (nSPS) is 20.5. The standard InChI is InChI=1S/C17H32N4O.HI/c1-5-19-15(20-12-16(2,3)14(22)18-4)21-11-10-17(13-21)8-6-7-9-17;/h5-13H2,1-4H3,(H,18,22)(H,19,20);1H. The highest BCUT2D eigenvalue weighted by Gasteiger charge is 2.41. The summed E-state index contributed by atoms with van der Waals surface area (Å²) in [5.74, 6) is 1.02. The molecule has 1 heterocycles. The number of amides is 1. The number of carbonyl (C=O) groups excluding carboxylic acids is 1. The molecule has 1 saturated heterocycles. The molecule has 134 valence electrons. The van der Waals surface area contributed by atoms with Crippen molar-refractivity contribution in [3.05, 3.63) is 0 Å². The molecule has 2 N–H and O–H groups in total. The van der Waals surface area contributed by atoms with Gasteiger partial charge in [0.05, 0.1) is 12.0 Å². The van der Waals surface area contributed by atoms with Crippen LogP contribution in [0.5, 0.6) is 0 Å². The number of aliphatic imine (C=N–C) groups is 1. The summed E-state index contributed by atoms with van der Waals surface area (Å²) >= 11 is 0. The van der Waals surface area contributed by atoms with Gasteiger partial charge in [-0.2, -0.15) is 0 Å². The van der Waals surface area contributed by atoms with E-state index >= 15 is 0 Å². The van der Waals surface area contributed by atoms with E-state index in [2.05, 4.69) is 22.5 Å². The fraction of sp³-hybridized carbons (Fsp3) is 0.882. The van der Waals surface area contributed by atoms with Gasteiger partial charge in [-0.25, -0.2) is 0 Å². The Labute approximate surface area is 158 Å². The van der Waals surface area contributed by atoms with Crippen molar-refractivity contribution in [2.75, 3.05) is 33.2 Å². The quantitative estimate of drug-likeness (QED) is 0.405. The molecule has 1 amide bonds. The lowest BCUT2D eigenvalue weighted by atomic mass is 9.86. The first-order valence-corrected chi connectivity index (χ1v) is 8.68. The SMILES string of the molecule is CCNC(=NCC(C)(C)C(=O)NC)N1CCC2(CCCC2)C1.I. The molecule has 0 bridgehead atoms. The third-order valence-electron chi connectivity index (χ3n) is 5.20. The van der Waals surface area contributed by atoms with Crippen LogP contribution in [0.15, 0.2) is 4.99 Å². The predicted octanol–water partition coefficient (Wildman–Crippen LogP) is 2.61. The van der Waals surface area contributed by atoms with Crippen LogP contribution in [-0.4, -0.2) is 50.0 Å². The highest BCUT2D eigenvalue weighted by Crippen LogP contribution is 2.45. The first-order chi connectivity index (χ1) is 10.4. The van der Waals surface area contributed by atoms with Crippen molar-refractivity contribution in [2.24, 2.45) is 15.8 Å². The summed E-state index contributed by atoms with van der Waals surface area (Å²) in [6.45, 7) is 9.58. The lowest BCUT2D eigenvalue weighted by Gasteiger charge is -2.27. The molecular weight excluding hydrogens is 403 g/mol. The van der Waals surface area contributed by atoms with Crippen molar-refractivity contribution in [3.63, 3.8) is 0 Å². The number of hydrogen-bond acceptors (Lipinski definition) is 2. The van der Waals surface area contributed by atoms with Crippen LogP contribution in [0.2, 0.25) is 0 Å². The third-order valence-corrected chi connectivity index (χ3v) is 5.20. The van der Waals surface area contributed by atoms with Gasteiger partial charge >= 0.3 is 0 Å². The molecule has 2 fully saturated rings. The monoisotopic (exact) mass is 436 g/mol. The Bertz CT molecular complexity index is 430. The van der Waals surface area contributed by atoms with Crippen LogP contribution in [0.3, 0.4) is 0 Å². The molecule has 1 aliphatic heterocycles. The Morgan fingerprint density at radius 1 is 1.26 bits per heavy atom. The molecule has 0 aromatic carbocycles. The van der Waals surface area contributed by atoms with E-state index in [9.17, 15) is 4.79 Å². The van der Waals surface area contributed by atoms with Crippen LogP contribution in [0.1, 0.15) is 52.9 Å². The number of nitrogens with one attached hydrogen (secondary N) is 2. The van der Waals surface area contributed by atoms with Crippen LogP contribution in [0.25, 0.3) is 0 Å². The zero-order chi connectivity index (χ0) is 16.2. The van der Waals surface area contributed by atoms with Crippen LogP contribution in [0.4, 0.5) is 0 Å². The number of nitrogens with zero attached hydrogens (tertiary/aromatic N) is 2. The van der Waals surface area contributed by atoms with Gasteiger partial charge in [0, 0.05) is 26.7 Å². The predicted molar refractivity (Wildman–Crippen MR) is 106 cm³/mol. The molecule has 2 rings (SSSR count). The second kappa shape index (κ2) is 8.53. The van der Waals surface area contributed by atoms with Gasteiger partial charge in [-0.1, -0.05) is 12.8 Å². The van der Waals surface area contributed by atoms with Gasteiger partial charge in [-0.3, -0.25) is 9.79 Å². The summed E-state index contributed by atoms with van der Waals surface area (Å²) in [6, 6.07) is 0. The minimum Gasteiger partial charge on any atom is -0.359 e. The van der Waals surface area contributed by atoms with E-state index in [1.165, 1.54) is 32.1 Å². The first kappa shape index (κ1) is 20.5. The number of guanidine groups is 1. The van der Waals surface area contributed by atoms with Crippen LogP contribution in [-0.2, 0) is 4.79 Å². The average molecular weight is 436 g/mol. The maximum absolute atomic E-state index is 11.9. The molecule has 5 nitrogen and oxygen atoms in total. The van der Waals surface area contributed by atoms with Gasteiger partial charge in [0.15, 0.2) is 5.96 Å². The number of likely N-dealkylation sites (tertiary alicyclic amines) is 1. The van der Waals surface area contributed by atoms with E-state index in [1.54, 1.807) is 7.05 Å². The van der Waals surface area contributed by atoms with Gasteiger partial charge in [0.1, 0.15) is 0 Å². The Morgan fingerprint density at radius 3 is 2.48 bits per heavy atom. The molecule has 1 aliphatic carbocycles. The molecule has 0 unspecified atom stereocenters. The molecule has 23 heavy (non-hydrogen) atoms. The maximum atomic E-state index is 11.9. The lowest BCUT2D eigenvalue weighted by Crippen LogP contribution is -2.43. The number of carbonyl (C=O) groups is 1. The fourth-order valence-electron chi connectivity index (χ4n) is 3.76. The zero-order valence-electron chi connectivity index (χ0n) is 15.1. The number of halogens is 1. The summed E-state index contributed by atoms with van der Waals surface area (Å²) in [5.41, 5.74) is 0.0622. The largest absolute Gasteiger partial charge is 0.359 e. The molecule has 1 saturated carbocycles. The lowest BCUT2D eigenvalue weighted by molar-refractivity contribution is -0.128. The number of hydrogen-bond donors (Lipinski definition) is 2. The van der Waals surface area contributed by atoms with Gasteiger partial charge in [-0.15, -0.1) is 24.0 Å². The third kappa shape index (κ3) is 4.97. The fourth-order valence-corrected chi connectivity index (χ4v) is 3.76. The van der Waals surface area contributed by atoms with E-state index in [0.29, 0.717) is 12.0 Å². The minimum absolute atomic E-state index is 0. The van der Waals surface area contributed by atoms with E-state index in [0.717, 1.165) is 25.6 Å². The highest BCUT2D eigenvalue weighted by atomic mass is 127. The van der Waals surface area contributed by atoms with Crippen molar-refractivity contribution in [1.29, 1.82) is 0 Å². The topological polar surface area (TPSA) is 56.7 Å². The summed E-state index contributed by atoms with van der Waals surface area (Å²) in [5, 5.41) is 6.13. The van der Waals surface area contributed by atoms with Crippen molar-refractivity contribution in [3.8, 4) is 0 Å². The molecular formula is C17H33IN4O. The van der Waals surface area contributed by atoms with E-state index in [4.69, 9.17) is 4.99 Å². The Kier molecular flexibility index (Phi) is 7.61. The molecule has 6 heteroatoms. The number of rotatable bonds is 4. The minimum atomic E-state index is -0.472. The van der Waals surface area contributed by atoms with E-state index in [1.807, 2.05) is 13.8 Å². The highest BCUT2D eigenvalue weighted by molar-refractivity contribution is 14.0. The van der Waals surface area contributed by atoms with Crippen molar-refractivity contribution in [2.45, 2.75) is 52.9 Å². The summed E-state index contributed by atoms with van der Waals surface area (Å²) in [7, 11) is 1.68. The molecule has 2 aliphatic rings. The summed E-state index contributed by atoms with van der Waals surface area (Å²) in [4.78, 5) is 19.1. The summed E-state index contributed by atoms with van der Waals surface area (Å²) < 4.78 is 0. The summed E-state index contributed by atoms with van der Waals surface area (Å²) in [6.07, 6.45) is 6.78. The Hall–Kier alpha value is -0.530. The second-order valence-corrected chi connectivity index (χ2v) is 7.51. The smallest absolute Gasteiger partial charge is 0.227 e. The van der Waals surface area contributed by atoms with Crippen molar-refractivity contribution in [1.82, 2.24) is 15.5 Å². The van der Waals surface area contributed by atoms with Gasteiger partial charge < -0.3 is 15.5 Å². The van der Waals surface area contributed by atoms with Crippen LogP contribution in [0, 0.1) is 10.8 Å². The molecule has 0 aromatic heterocycles. The van der Waals surface area contributed by atoms with Crippen molar-refractivity contribution < 1.29 is 4.79 Å². The second-order valence-electron chi connectivity index (χ2n) is 7.51. The van der Waals surface area contributed by atoms with Gasteiger partial charge in [-0.05, 0) is 45.4 Å².